The number of nitrogens with one attached hydrogen (secondary N) is 1. The highest BCUT2D eigenvalue weighted by Gasteiger charge is 2.09. The van der Waals surface area contributed by atoms with Gasteiger partial charge in [-0.3, -0.25) is 0 Å². The van der Waals surface area contributed by atoms with E-state index in [0.29, 0.717) is 16.5 Å². The zero-order chi connectivity index (χ0) is 8.72. The molecule has 0 aliphatic carbocycles. The Labute approximate surface area is 68.0 Å². The van der Waals surface area contributed by atoms with E-state index in [1.54, 1.807) is 19.2 Å². The smallest absolute Gasteiger partial charge is 0.163 e. The van der Waals surface area contributed by atoms with E-state index in [1.807, 2.05) is 0 Å². The minimum atomic E-state index is -0.792. The molecule has 0 aliphatic rings. The van der Waals surface area contributed by atoms with Gasteiger partial charge in [0.15, 0.2) is 11.6 Å². The van der Waals surface area contributed by atoms with E-state index in [2.05, 4.69) is 4.98 Å². The highest BCUT2D eigenvalue weighted by Crippen LogP contribution is 2.21. The molecule has 0 spiro atoms. The van der Waals surface area contributed by atoms with E-state index in [1.165, 1.54) is 6.07 Å². The molecule has 1 N–H and O–H groups in total. The number of aromatic amines is 1. The molecule has 1 aromatic carbocycles. The van der Waals surface area contributed by atoms with Gasteiger partial charge in [0.2, 0.25) is 0 Å². The largest absolute Gasteiger partial charge is 0.361 e. The molecule has 0 bridgehead atoms. The van der Waals surface area contributed by atoms with Crippen LogP contribution in [0, 0.1) is 18.6 Å². The van der Waals surface area contributed by atoms with Crippen molar-refractivity contribution in [1.29, 1.82) is 0 Å². The first-order chi connectivity index (χ1) is 5.70. The monoisotopic (exact) mass is 167 g/mol. The van der Waals surface area contributed by atoms with Gasteiger partial charge in [-0.15, -0.1) is 0 Å². The maximum atomic E-state index is 12.9. The average Bonchev–Trinajstić information content (AvgIpc) is 2.48. The quantitative estimate of drug-likeness (QED) is 0.621. The second-order valence-electron chi connectivity index (χ2n) is 2.74. The first-order valence-corrected chi connectivity index (χ1v) is 3.62. The summed E-state index contributed by atoms with van der Waals surface area (Å²) in [7, 11) is 0. The summed E-state index contributed by atoms with van der Waals surface area (Å²) in [6, 6.07) is 2.90. The third-order valence-electron chi connectivity index (χ3n) is 1.98. The third-order valence-corrected chi connectivity index (χ3v) is 1.98. The molecule has 0 fully saturated rings. The van der Waals surface area contributed by atoms with Crippen LogP contribution in [0.5, 0.6) is 0 Å². The third kappa shape index (κ3) is 0.826. The zero-order valence-electron chi connectivity index (χ0n) is 6.49. The summed E-state index contributed by atoms with van der Waals surface area (Å²) in [6.07, 6.45) is 1.66. The normalized spacial score (nSPS) is 10.9. The van der Waals surface area contributed by atoms with Crippen LogP contribution in [0.15, 0.2) is 18.3 Å². The molecule has 1 aromatic heterocycles. The van der Waals surface area contributed by atoms with Gasteiger partial charge >= 0.3 is 0 Å². The number of hydrogen-bond donors (Lipinski definition) is 1. The summed E-state index contributed by atoms with van der Waals surface area (Å²) in [5.74, 6) is -1.57. The molecule has 0 aliphatic heterocycles. The van der Waals surface area contributed by atoms with Gasteiger partial charge in [0, 0.05) is 17.1 Å². The molecule has 0 radical (unpaired) electrons. The van der Waals surface area contributed by atoms with Gasteiger partial charge < -0.3 is 4.98 Å². The highest BCUT2D eigenvalue weighted by molar-refractivity contribution is 5.82. The van der Waals surface area contributed by atoms with Crippen molar-refractivity contribution < 1.29 is 8.78 Å². The van der Waals surface area contributed by atoms with Crippen LogP contribution in [0.1, 0.15) is 5.56 Å². The zero-order valence-corrected chi connectivity index (χ0v) is 6.49. The first-order valence-electron chi connectivity index (χ1n) is 3.62. The van der Waals surface area contributed by atoms with Crippen molar-refractivity contribution in [3.63, 3.8) is 0 Å². The molecule has 2 aromatic rings. The number of hydrogen-bond acceptors (Lipinski definition) is 0. The minimum absolute atomic E-state index is 0.329. The maximum Gasteiger partial charge on any atom is 0.163 e. The van der Waals surface area contributed by atoms with Crippen LogP contribution in [0.2, 0.25) is 0 Å². The Morgan fingerprint density at radius 2 is 2.08 bits per heavy atom. The van der Waals surface area contributed by atoms with E-state index in [4.69, 9.17) is 0 Å². The van der Waals surface area contributed by atoms with Crippen LogP contribution in [0.25, 0.3) is 10.9 Å². The van der Waals surface area contributed by atoms with Gasteiger partial charge in [0.05, 0.1) is 5.52 Å². The minimum Gasteiger partial charge on any atom is -0.361 e. The number of halogens is 2. The molecule has 0 atom stereocenters. The van der Waals surface area contributed by atoms with Crippen molar-refractivity contribution in [2.45, 2.75) is 6.92 Å². The lowest BCUT2D eigenvalue weighted by Gasteiger charge is -1.99. The predicted molar refractivity (Wildman–Crippen MR) is 43.0 cm³/mol. The lowest BCUT2D eigenvalue weighted by Crippen LogP contribution is -1.89. The Hall–Kier alpha value is -1.38. The van der Waals surface area contributed by atoms with E-state index >= 15 is 0 Å². The number of fused-ring (bicyclic) bond motifs is 1. The molecule has 1 nitrogen and oxygen atoms in total. The second kappa shape index (κ2) is 2.30. The molecule has 62 valence electrons. The summed E-state index contributed by atoms with van der Waals surface area (Å²) in [4.78, 5) is 2.85. The lowest BCUT2D eigenvalue weighted by molar-refractivity contribution is 0.505. The summed E-state index contributed by atoms with van der Waals surface area (Å²) in [5.41, 5.74) is 0.990. The average molecular weight is 167 g/mol. The van der Waals surface area contributed by atoms with Crippen molar-refractivity contribution in [2.24, 2.45) is 0 Å². The number of aromatic nitrogens is 1. The van der Waals surface area contributed by atoms with Crippen LogP contribution in [-0.2, 0) is 0 Å². The van der Waals surface area contributed by atoms with Crippen molar-refractivity contribution >= 4 is 10.9 Å². The Bertz CT molecular complexity index is 431. The molecule has 0 saturated carbocycles. The summed E-state index contributed by atoms with van der Waals surface area (Å²) in [6.45, 7) is 1.55. The fourth-order valence-electron chi connectivity index (χ4n) is 1.32. The molecule has 0 unspecified atom stereocenters. The maximum absolute atomic E-state index is 12.9. The summed E-state index contributed by atoms with van der Waals surface area (Å²) < 4.78 is 25.7. The van der Waals surface area contributed by atoms with E-state index < -0.39 is 11.6 Å². The van der Waals surface area contributed by atoms with Crippen molar-refractivity contribution in [1.82, 2.24) is 4.98 Å². The first kappa shape index (κ1) is 7.28. The van der Waals surface area contributed by atoms with Gasteiger partial charge in [-0.2, -0.15) is 0 Å². The molecule has 2 rings (SSSR count). The molecule has 0 saturated heterocycles. The molecule has 3 heteroatoms. The SMILES string of the molecule is Cc1c(F)c(F)cc2cc[nH]c12. The van der Waals surface area contributed by atoms with Crippen LogP contribution >= 0.6 is 0 Å². The van der Waals surface area contributed by atoms with Crippen LogP contribution in [-0.4, -0.2) is 4.98 Å². The van der Waals surface area contributed by atoms with Gasteiger partial charge in [-0.05, 0) is 19.1 Å². The Morgan fingerprint density at radius 1 is 1.33 bits per heavy atom. The predicted octanol–water partition coefficient (Wildman–Crippen LogP) is 2.75. The van der Waals surface area contributed by atoms with Crippen molar-refractivity contribution in [3.8, 4) is 0 Å². The number of aryl methyl sites for hydroxylation is 1. The van der Waals surface area contributed by atoms with Crippen molar-refractivity contribution in [2.75, 3.05) is 0 Å². The fraction of sp³-hybridized carbons (Fsp3) is 0.111. The Balaban J connectivity index is 2.94. The van der Waals surface area contributed by atoms with Crippen LogP contribution < -0.4 is 0 Å². The van der Waals surface area contributed by atoms with E-state index in [0.717, 1.165) is 0 Å². The number of benzene rings is 1. The number of H-pyrrole nitrogens is 1. The molecule has 12 heavy (non-hydrogen) atoms. The van der Waals surface area contributed by atoms with Gasteiger partial charge in [-0.25, -0.2) is 8.78 Å². The summed E-state index contributed by atoms with van der Waals surface area (Å²) in [5, 5.41) is 0.700. The topological polar surface area (TPSA) is 15.8 Å². The van der Waals surface area contributed by atoms with Gasteiger partial charge in [0.25, 0.3) is 0 Å². The number of rotatable bonds is 0. The van der Waals surface area contributed by atoms with Gasteiger partial charge in [0.1, 0.15) is 0 Å². The van der Waals surface area contributed by atoms with E-state index in [9.17, 15) is 8.78 Å². The van der Waals surface area contributed by atoms with Gasteiger partial charge in [-0.1, -0.05) is 0 Å². The fourth-order valence-corrected chi connectivity index (χ4v) is 1.32. The Morgan fingerprint density at radius 3 is 2.83 bits per heavy atom. The standard InChI is InChI=1S/C9H7F2N/c1-5-8(11)7(10)4-6-2-3-12-9(5)6/h2-4,12H,1H3. The highest BCUT2D eigenvalue weighted by atomic mass is 19.2. The van der Waals surface area contributed by atoms with E-state index in [-0.39, 0.29) is 0 Å². The second-order valence-corrected chi connectivity index (χ2v) is 2.74. The molecular weight excluding hydrogens is 160 g/mol. The Kier molecular flexibility index (Phi) is 1.40. The summed E-state index contributed by atoms with van der Waals surface area (Å²) >= 11 is 0. The van der Waals surface area contributed by atoms with Crippen molar-refractivity contribution in [3.05, 3.63) is 35.5 Å². The van der Waals surface area contributed by atoms with Crippen LogP contribution in [0.4, 0.5) is 8.78 Å². The lowest BCUT2D eigenvalue weighted by atomic mass is 10.1. The van der Waals surface area contributed by atoms with Crippen LogP contribution in [0.3, 0.4) is 0 Å². The molecule has 1 heterocycles. The molecular formula is C9H7F2N. The molecule has 0 amide bonds.